The molecule has 1 amide bonds. The van der Waals surface area contributed by atoms with Crippen LogP contribution in [0.1, 0.15) is 213 Å². The van der Waals surface area contributed by atoms with E-state index < -0.39 is 57.6 Å². The predicted octanol–water partition coefficient (Wildman–Crippen LogP) is 11.8. The van der Waals surface area contributed by atoms with Gasteiger partial charge in [0.15, 0.2) is 6.04 Å². The van der Waals surface area contributed by atoms with Crippen LogP contribution in [0, 0.1) is 0 Å². The van der Waals surface area contributed by atoms with E-state index in [9.17, 15) is 34.1 Å². The number of carboxylic acid groups (broad SMARTS) is 1. The van der Waals surface area contributed by atoms with E-state index in [1.165, 1.54) is 128 Å². The largest absolute Gasteiger partial charge is 0.480 e. The van der Waals surface area contributed by atoms with Crippen molar-refractivity contribution in [2.75, 3.05) is 19.8 Å². The zero-order valence-electron chi connectivity index (χ0n) is 36.2. The molecule has 0 spiro atoms. The van der Waals surface area contributed by atoms with E-state index in [4.69, 9.17) is 13.8 Å². The summed E-state index contributed by atoms with van der Waals surface area (Å²) >= 11 is 0. The number of aliphatic carboxylic acids is 1. The van der Waals surface area contributed by atoms with Crippen LogP contribution in [0.4, 0.5) is 0 Å². The third-order valence-electron chi connectivity index (χ3n) is 9.99. The number of aliphatic hydroxyl groups excluding tert-OH is 1. The Kier molecular flexibility index (Phi) is 39.3. The molecule has 0 radical (unpaired) electrons. The number of phosphoric ester groups is 1. The maximum absolute atomic E-state index is 12.3. The summed E-state index contributed by atoms with van der Waals surface area (Å²) in [5, 5.41) is 21.8. The second-order valence-corrected chi connectivity index (χ2v) is 17.0. The van der Waals surface area contributed by atoms with Crippen molar-refractivity contribution in [3.05, 3.63) is 24.3 Å². The first-order valence-electron chi connectivity index (χ1n) is 22.9. The SMILES string of the molecule is CCCCC/C=C\C/C=C\CCCCCCCCCCCCCCCC(=O)NC(COP(=O)(O)OCC(O)COC(=O)CCCCCCCCCCCC)C(=O)O. The quantitative estimate of drug-likeness (QED) is 0.0201. The van der Waals surface area contributed by atoms with Gasteiger partial charge in [-0.2, -0.15) is 0 Å². The molecule has 0 aromatic heterocycles. The molecule has 3 atom stereocenters. The molecule has 334 valence electrons. The van der Waals surface area contributed by atoms with Crippen molar-refractivity contribution < 1.29 is 47.8 Å². The lowest BCUT2D eigenvalue weighted by Crippen LogP contribution is -2.43. The lowest BCUT2D eigenvalue weighted by Gasteiger charge is -2.18. The monoisotopic (exact) mass is 830 g/mol. The molecule has 0 aliphatic carbocycles. The van der Waals surface area contributed by atoms with Gasteiger partial charge in [0.05, 0.1) is 13.2 Å². The van der Waals surface area contributed by atoms with Crippen LogP contribution in [0.15, 0.2) is 24.3 Å². The van der Waals surface area contributed by atoms with Gasteiger partial charge < -0.3 is 25.2 Å². The fourth-order valence-electron chi connectivity index (χ4n) is 6.40. The second-order valence-electron chi connectivity index (χ2n) is 15.6. The van der Waals surface area contributed by atoms with Crippen LogP contribution in [-0.4, -0.2) is 64.9 Å². The predicted molar refractivity (Wildman–Crippen MR) is 231 cm³/mol. The van der Waals surface area contributed by atoms with Crippen molar-refractivity contribution >= 4 is 25.7 Å². The lowest BCUT2D eigenvalue weighted by molar-refractivity contribution is -0.147. The summed E-state index contributed by atoms with van der Waals surface area (Å²) in [5.41, 5.74) is 0. The number of carboxylic acids is 1. The topological polar surface area (TPSA) is 169 Å². The Morgan fingerprint density at radius 3 is 1.46 bits per heavy atom. The maximum atomic E-state index is 12.3. The summed E-state index contributed by atoms with van der Waals surface area (Å²) in [6.45, 7) is 2.56. The van der Waals surface area contributed by atoms with E-state index in [1.54, 1.807) is 0 Å². The lowest BCUT2D eigenvalue weighted by atomic mass is 10.0. The fourth-order valence-corrected chi connectivity index (χ4v) is 7.18. The number of carbonyl (C=O) groups excluding carboxylic acids is 2. The summed E-state index contributed by atoms with van der Waals surface area (Å²) in [6, 6.07) is -1.54. The smallest absolute Gasteiger partial charge is 0.472 e. The average Bonchev–Trinajstić information content (AvgIpc) is 3.18. The number of amides is 1. The third kappa shape index (κ3) is 40.5. The second kappa shape index (κ2) is 40.7. The van der Waals surface area contributed by atoms with Crippen molar-refractivity contribution in [3.63, 3.8) is 0 Å². The molecule has 0 aromatic rings. The number of hydrogen-bond donors (Lipinski definition) is 4. The molecule has 57 heavy (non-hydrogen) atoms. The molecule has 0 saturated heterocycles. The van der Waals surface area contributed by atoms with Crippen LogP contribution >= 0.6 is 7.82 Å². The molecule has 0 aromatic carbocycles. The molecule has 11 nitrogen and oxygen atoms in total. The van der Waals surface area contributed by atoms with Crippen molar-refractivity contribution in [1.29, 1.82) is 0 Å². The summed E-state index contributed by atoms with van der Waals surface area (Å²) in [4.78, 5) is 45.9. The first-order valence-corrected chi connectivity index (χ1v) is 24.4. The van der Waals surface area contributed by atoms with Crippen LogP contribution in [0.25, 0.3) is 0 Å². The van der Waals surface area contributed by atoms with Gasteiger partial charge in [0.2, 0.25) is 5.91 Å². The van der Waals surface area contributed by atoms with E-state index in [-0.39, 0.29) is 12.8 Å². The van der Waals surface area contributed by atoms with E-state index in [2.05, 4.69) is 43.5 Å². The Hall–Kier alpha value is -2.04. The van der Waals surface area contributed by atoms with E-state index in [0.29, 0.717) is 12.8 Å². The average molecular weight is 830 g/mol. The van der Waals surface area contributed by atoms with Gasteiger partial charge in [0.25, 0.3) is 0 Å². The number of hydrogen-bond acceptors (Lipinski definition) is 8. The number of nitrogens with one attached hydrogen (secondary N) is 1. The molecule has 3 unspecified atom stereocenters. The molecule has 12 heteroatoms. The van der Waals surface area contributed by atoms with E-state index >= 15 is 0 Å². The highest BCUT2D eigenvalue weighted by Crippen LogP contribution is 2.43. The van der Waals surface area contributed by atoms with Gasteiger partial charge in [0, 0.05) is 12.8 Å². The summed E-state index contributed by atoms with van der Waals surface area (Å²) in [7, 11) is -4.75. The Labute approximate surface area is 347 Å². The number of esters is 1. The number of allylic oxidation sites excluding steroid dienone is 4. The summed E-state index contributed by atoms with van der Waals surface area (Å²) in [6.07, 6.45) is 42.1. The number of rotatable bonds is 43. The van der Waals surface area contributed by atoms with Gasteiger partial charge in [-0.05, 0) is 44.9 Å². The first kappa shape index (κ1) is 55.0. The minimum atomic E-state index is -4.75. The number of phosphoric acid groups is 1. The molecule has 0 saturated carbocycles. The van der Waals surface area contributed by atoms with Gasteiger partial charge in [0.1, 0.15) is 12.7 Å². The molecule has 0 aliphatic heterocycles. The molecule has 0 rings (SSSR count). The normalized spacial score (nSPS) is 13.9. The highest BCUT2D eigenvalue weighted by molar-refractivity contribution is 7.47. The highest BCUT2D eigenvalue weighted by atomic mass is 31.2. The van der Waals surface area contributed by atoms with Gasteiger partial charge in [-0.15, -0.1) is 0 Å². The van der Waals surface area contributed by atoms with Crippen LogP contribution in [0.3, 0.4) is 0 Å². The van der Waals surface area contributed by atoms with Crippen molar-refractivity contribution in [1.82, 2.24) is 5.32 Å². The third-order valence-corrected chi connectivity index (χ3v) is 10.9. The highest BCUT2D eigenvalue weighted by Gasteiger charge is 2.28. The van der Waals surface area contributed by atoms with Crippen LogP contribution in [0.5, 0.6) is 0 Å². The molecular formula is C45H84NO10P. The number of ether oxygens (including phenoxy) is 1. The zero-order chi connectivity index (χ0) is 42.1. The fraction of sp³-hybridized carbons (Fsp3) is 0.844. The molecule has 4 N–H and O–H groups in total. The Balaban J connectivity index is 3.83. The van der Waals surface area contributed by atoms with Gasteiger partial charge in [-0.1, -0.05) is 179 Å². The summed E-state index contributed by atoms with van der Waals surface area (Å²) < 4.78 is 26.8. The Bertz CT molecular complexity index is 1070. The minimum Gasteiger partial charge on any atom is -0.480 e. The van der Waals surface area contributed by atoms with E-state index in [1.807, 2.05) is 0 Å². The zero-order valence-corrected chi connectivity index (χ0v) is 37.0. The van der Waals surface area contributed by atoms with E-state index in [0.717, 1.165) is 44.9 Å². The van der Waals surface area contributed by atoms with Crippen LogP contribution in [0.2, 0.25) is 0 Å². The molecule has 0 fully saturated rings. The standard InChI is InChI=1S/C45H84NO10P/c1-3-5-7-9-11-13-15-16-17-18-19-20-21-22-23-24-25-26-27-28-30-32-34-36-43(48)46-42(45(50)51)40-56-57(52,53)55-39-41(47)38-54-44(49)37-35-33-31-29-14-12-10-8-6-4-2/h11,13,16-17,41-42,47H,3-10,12,14-15,18-40H2,1-2H3,(H,46,48)(H,50,51)(H,52,53)/b13-11-,17-16-. The van der Waals surface area contributed by atoms with Crippen molar-refractivity contribution in [3.8, 4) is 0 Å². The van der Waals surface area contributed by atoms with Gasteiger partial charge >= 0.3 is 19.8 Å². The number of aliphatic hydroxyl groups is 1. The van der Waals surface area contributed by atoms with Gasteiger partial charge in [-0.3, -0.25) is 18.6 Å². The molecule has 0 bridgehead atoms. The number of carbonyl (C=O) groups is 3. The first-order chi connectivity index (χ1) is 27.6. The number of unbranched alkanes of at least 4 members (excludes halogenated alkanes) is 25. The van der Waals surface area contributed by atoms with Crippen LogP contribution in [-0.2, 0) is 32.7 Å². The van der Waals surface area contributed by atoms with Crippen LogP contribution < -0.4 is 5.32 Å². The van der Waals surface area contributed by atoms with Crippen molar-refractivity contribution in [2.24, 2.45) is 0 Å². The molecular weight excluding hydrogens is 745 g/mol. The summed E-state index contributed by atoms with van der Waals surface area (Å²) in [5.74, 6) is -2.37. The van der Waals surface area contributed by atoms with Gasteiger partial charge in [-0.25, -0.2) is 9.36 Å². The minimum absolute atomic E-state index is 0.147. The maximum Gasteiger partial charge on any atom is 0.472 e. The Morgan fingerprint density at radius 2 is 0.965 bits per heavy atom. The molecule has 0 aliphatic rings. The molecule has 0 heterocycles. The Morgan fingerprint density at radius 1 is 0.561 bits per heavy atom. The van der Waals surface area contributed by atoms with Crippen molar-refractivity contribution in [2.45, 2.75) is 225 Å².